The van der Waals surface area contributed by atoms with Crippen molar-refractivity contribution in [2.24, 2.45) is 23.2 Å². The van der Waals surface area contributed by atoms with Crippen molar-refractivity contribution in [1.29, 1.82) is 0 Å². The van der Waals surface area contributed by atoms with Gasteiger partial charge in [-0.3, -0.25) is 4.79 Å². The first-order valence-corrected chi connectivity index (χ1v) is 9.24. The summed E-state index contributed by atoms with van der Waals surface area (Å²) in [5, 5.41) is 12.2. The monoisotopic (exact) mass is 343 g/mol. The predicted molar refractivity (Wildman–Crippen MR) is 92.0 cm³/mol. The van der Waals surface area contributed by atoms with Crippen LogP contribution < -0.4 is 5.32 Å². The zero-order valence-electron chi connectivity index (χ0n) is 14.4. The van der Waals surface area contributed by atoms with Gasteiger partial charge in [0.25, 0.3) is 5.91 Å². The Hall–Kier alpha value is -2.04. The van der Waals surface area contributed by atoms with Gasteiger partial charge in [0, 0.05) is 6.54 Å². The van der Waals surface area contributed by atoms with Crippen molar-refractivity contribution in [3.05, 3.63) is 29.8 Å². The molecule has 25 heavy (non-hydrogen) atoms. The molecule has 0 unspecified atom stereocenters. The van der Waals surface area contributed by atoms with Crippen molar-refractivity contribution in [3.63, 3.8) is 0 Å². The number of carbonyl (C=O) groups excluding carboxylic acids is 2. The summed E-state index contributed by atoms with van der Waals surface area (Å²) in [6, 6.07) is 5.80. The van der Waals surface area contributed by atoms with Gasteiger partial charge < -0.3 is 15.2 Å². The fourth-order valence-corrected chi connectivity index (χ4v) is 5.66. The number of nitrogens with one attached hydrogen (secondary N) is 1. The van der Waals surface area contributed by atoms with Gasteiger partial charge in [-0.1, -0.05) is 0 Å². The summed E-state index contributed by atoms with van der Waals surface area (Å²) >= 11 is 0. The normalized spacial score (nSPS) is 32.4. The maximum absolute atomic E-state index is 12.1. The second kappa shape index (κ2) is 6.36. The quantitative estimate of drug-likeness (QED) is 0.806. The van der Waals surface area contributed by atoms with Crippen LogP contribution in [0, 0.1) is 23.2 Å². The predicted octanol–water partition coefficient (Wildman–Crippen LogP) is 2.88. The molecule has 0 saturated heterocycles. The Kier molecular flexibility index (Phi) is 4.18. The van der Waals surface area contributed by atoms with Gasteiger partial charge in [0.15, 0.2) is 6.61 Å². The van der Waals surface area contributed by atoms with Crippen molar-refractivity contribution < 1.29 is 19.4 Å². The number of rotatable bonds is 5. The van der Waals surface area contributed by atoms with E-state index in [-0.39, 0.29) is 23.7 Å². The first kappa shape index (κ1) is 16.4. The molecule has 0 atom stereocenters. The van der Waals surface area contributed by atoms with Crippen molar-refractivity contribution in [1.82, 2.24) is 5.32 Å². The molecular formula is C20H25NO4. The first-order valence-electron chi connectivity index (χ1n) is 9.24. The number of benzene rings is 1. The first-order chi connectivity index (χ1) is 12.0. The summed E-state index contributed by atoms with van der Waals surface area (Å²) < 4.78 is 5.07. The molecule has 1 amide bonds. The van der Waals surface area contributed by atoms with E-state index in [1.54, 1.807) is 0 Å². The van der Waals surface area contributed by atoms with Crippen LogP contribution in [-0.2, 0) is 9.53 Å². The average molecular weight is 343 g/mol. The highest BCUT2D eigenvalue weighted by Crippen LogP contribution is 2.59. The Morgan fingerprint density at radius 1 is 1.04 bits per heavy atom. The third-order valence-corrected chi connectivity index (χ3v) is 6.26. The van der Waals surface area contributed by atoms with Crippen LogP contribution in [0.25, 0.3) is 0 Å². The van der Waals surface area contributed by atoms with E-state index in [1.807, 2.05) is 0 Å². The van der Waals surface area contributed by atoms with Gasteiger partial charge in [0.05, 0.1) is 5.56 Å². The highest BCUT2D eigenvalue weighted by molar-refractivity contribution is 5.91. The van der Waals surface area contributed by atoms with Gasteiger partial charge in [-0.2, -0.15) is 0 Å². The van der Waals surface area contributed by atoms with Crippen LogP contribution in [0.15, 0.2) is 24.3 Å². The van der Waals surface area contributed by atoms with Crippen molar-refractivity contribution in [2.45, 2.75) is 38.5 Å². The number of carbonyl (C=O) groups is 2. The highest BCUT2D eigenvalue weighted by Gasteiger charge is 2.50. The van der Waals surface area contributed by atoms with Crippen LogP contribution in [0.5, 0.6) is 5.75 Å². The lowest BCUT2D eigenvalue weighted by atomic mass is 9.49. The van der Waals surface area contributed by atoms with Crippen molar-refractivity contribution >= 4 is 11.9 Å². The van der Waals surface area contributed by atoms with Gasteiger partial charge in [-0.15, -0.1) is 0 Å². The number of phenolic OH excluding ortho intramolecular Hbond substituents is 1. The molecule has 4 bridgehead atoms. The number of ether oxygens (including phenoxy) is 1. The van der Waals surface area contributed by atoms with E-state index in [0.29, 0.717) is 12.1 Å². The molecule has 0 heterocycles. The molecule has 5 nitrogen and oxygen atoms in total. The van der Waals surface area contributed by atoms with E-state index < -0.39 is 5.97 Å². The minimum absolute atomic E-state index is 0.0878. The second-order valence-electron chi connectivity index (χ2n) is 8.32. The Morgan fingerprint density at radius 2 is 1.60 bits per heavy atom. The molecule has 5 rings (SSSR count). The van der Waals surface area contributed by atoms with E-state index in [9.17, 15) is 14.7 Å². The Bertz CT molecular complexity index is 631. The number of aromatic hydroxyl groups is 1. The molecule has 4 aliphatic carbocycles. The van der Waals surface area contributed by atoms with Gasteiger partial charge in [-0.05, 0) is 86.0 Å². The summed E-state index contributed by atoms with van der Waals surface area (Å²) in [6.07, 6.45) is 7.89. The summed E-state index contributed by atoms with van der Waals surface area (Å²) in [4.78, 5) is 24.0. The largest absolute Gasteiger partial charge is 0.508 e. The van der Waals surface area contributed by atoms with Gasteiger partial charge in [0.2, 0.25) is 0 Å². The lowest BCUT2D eigenvalue weighted by molar-refractivity contribution is -0.126. The Labute approximate surface area is 147 Å². The molecule has 1 aromatic carbocycles. The molecule has 4 fully saturated rings. The third-order valence-electron chi connectivity index (χ3n) is 6.26. The average Bonchev–Trinajstić information content (AvgIpc) is 2.57. The smallest absolute Gasteiger partial charge is 0.338 e. The lowest BCUT2D eigenvalue weighted by Crippen LogP contribution is -2.51. The highest BCUT2D eigenvalue weighted by atomic mass is 16.5. The summed E-state index contributed by atoms with van der Waals surface area (Å²) in [7, 11) is 0. The maximum atomic E-state index is 12.1. The van der Waals surface area contributed by atoms with Crippen LogP contribution >= 0.6 is 0 Å². The Balaban J connectivity index is 1.26. The molecule has 5 heteroatoms. The fourth-order valence-electron chi connectivity index (χ4n) is 5.66. The van der Waals surface area contributed by atoms with Gasteiger partial charge >= 0.3 is 5.97 Å². The van der Waals surface area contributed by atoms with Crippen molar-refractivity contribution in [3.8, 4) is 5.75 Å². The van der Waals surface area contributed by atoms with Gasteiger partial charge in [0.1, 0.15) is 5.75 Å². The van der Waals surface area contributed by atoms with Crippen LogP contribution in [0.4, 0.5) is 0 Å². The van der Waals surface area contributed by atoms with Crippen LogP contribution in [-0.4, -0.2) is 30.1 Å². The van der Waals surface area contributed by atoms with E-state index in [4.69, 9.17) is 4.74 Å². The molecule has 0 aliphatic heterocycles. The molecule has 2 N–H and O–H groups in total. The molecule has 0 spiro atoms. The molecule has 0 radical (unpaired) electrons. The van der Waals surface area contributed by atoms with Crippen LogP contribution in [0.2, 0.25) is 0 Å². The number of hydrogen-bond donors (Lipinski definition) is 2. The van der Waals surface area contributed by atoms with E-state index in [1.165, 1.54) is 62.8 Å². The summed E-state index contributed by atoms with van der Waals surface area (Å²) in [6.45, 7) is 0.457. The lowest BCUT2D eigenvalue weighted by Gasteiger charge is -2.56. The van der Waals surface area contributed by atoms with Crippen LogP contribution in [0.1, 0.15) is 48.9 Å². The number of phenols is 1. The maximum Gasteiger partial charge on any atom is 0.338 e. The minimum atomic E-state index is -0.551. The summed E-state index contributed by atoms with van der Waals surface area (Å²) in [5.41, 5.74) is 0.609. The van der Waals surface area contributed by atoms with Crippen molar-refractivity contribution in [2.75, 3.05) is 13.2 Å². The van der Waals surface area contributed by atoms with E-state index >= 15 is 0 Å². The minimum Gasteiger partial charge on any atom is -0.508 e. The molecule has 1 aromatic rings. The number of hydrogen-bond acceptors (Lipinski definition) is 4. The molecule has 134 valence electrons. The fraction of sp³-hybridized carbons (Fsp3) is 0.600. The number of esters is 1. The zero-order valence-corrected chi connectivity index (χ0v) is 14.4. The van der Waals surface area contributed by atoms with Gasteiger partial charge in [-0.25, -0.2) is 4.79 Å². The molecule has 4 saturated carbocycles. The standard InChI is InChI=1S/C20H25NO4/c22-17-3-1-16(2-4-17)19(24)25-11-18(23)21-12-20-8-13-5-14(9-20)7-15(6-13)10-20/h1-4,13-15,22H,5-12H2,(H,21,23). The molecule has 4 aliphatic rings. The third kappa shape index (κ3) is 3.51. The molecular weight excluding hydrogens is 318 g/mol. The van der Waals surface area contributed by atoms with E-state index in [2.05, 4.69) is 5.32 Å². The molecule has 0 aromatic heterocycles. The zero-order chi connectivity index (χ0) is 17.4. The van der Waals surface area contributed by atoms with E-state index in [0.717, 1.165) is 17.8 Å². The topological polar surface area (TPSA) is 75.6 Å². The Morgan fingerprint density at radius 3 is 2.16 bits per heavy atom. The van der Waals surface area contributed by atoms with Crippen LogP contribution in [0.3, 0.4) is 0 Å². The summed E-state index contributed by atoms with van der Waals surface area (Å²) in [5.74, 6) is 1.87. The number of amides is 1. The second-order valence-corrected chi connectivity index (χ2v) is 8.32. The SMILES string of the molecule is O=C(COC(=O)c1ccc(O)cc1)NCC12CC3CC(CC(C3)C1)C2.